The van der Waals surface area contributed by atoms with Gasteiger partial charge in [-0.15, -0.1) is 24.8 Å². The van der Waals surface area contributed by atoms with Crippen LogP contribution in [0.15, 0.2) is 109 Å². The molecule has 0 fully saturated rings. The number of halogens is 2. The predicted molar refractivity (Wildman–Crippen MR) is 173 cm³/mol. The molecule has 6 rings (SSSR count). The lowest BCUT2D eigenvalue weighted by Crippen LogP contribution is -2.04. The average molecular weight is 572 g/mol. The van der Waals surface area contributed by atoms with Gasteiger partial charge in [0.2, 0.25) is 0 Å². The van der Waals surface area contributed by atoms with E-state index < -0.39 is 0 Å². The van der Waals surface area contributed by atoms with Crippen LogP contribution in [0.25, 0.3) is 32.7 Å². The normalized spacial score (nSPS) is 10.6. The molecule has 2 heterocycles. The van der Waals surface area contributed by atoms with Crippen molar-refractivity contribution in [1.29, 1.82) is 0 Å². The molecule has 6 aromatic rings. The van der Waals surface area contributed by atoms with Crippen molar-refractivity contribution < 1.29 is 4.74 Å². The molecule has 2 aromatic heterocycles. The Labute approximate surface area is 246 Å². The molecular weight excluding hydrogens is 539 g/mol. The van der Waals surface area contributed by atoms with Crippen LogP contribution in [0.1, 0.15) is 19.3 Å². The smallest absolute Gasteiger partial charge is 0.142 e. The molecule has 0 aliphatic heterocycles. The Morgan fingerprint density at radius 1 is 0.575 bits per heavy atom. The first-order valence-electron chi connectivity index (χ1n) is 13.2. The first-order valence-corrected chi connectivity index (χ1v) is 13.2. The number of para-hydroxylation sites is 5. The number of hydrogen-bond acceptors (Lipinski definition) is 5. The third kappa shape index (κ3) is 6.39. The summed E-state index contributed by atoms with van der Waals surface area (Å²) in [5.74, 6) is 0.860. The number of fused-ring (bicyclic) bond motifs is 3. The highest BCUT2D eigenvalue weighted by Gasteiger charge is 2.11. The van der Waals surface area contributed by atoms with Crippen LogP contribution in [0.3, 0.4) is 0 Å². The molecule has 0 spiro atoms. The summed E-state index contributed by atoms with van der Waals surface area (Å²) < 4.78 is 6.25. The van der Waals surface area contributed by atoms with E-state index in [9.17, 15) is 0 Å². The molecule has 0 aliphatic carbocycles. The highest BCUT2D eigenvalue weighted by Crippen LogP contribution is 2.36. The van der Waals surface area contributed by atoms with E-state index in [2.05, 4.69) is 70.2 Å². The number of aromatic nitrogens is 2. The van der Waals surface area contributed by atoms with Gasteiger partial charge < -0.3 is 15.4 Å². The number of pyridine rings is 2. The standard InChI is InChI=1S/C33H30N4O.2ClH/c1(10-21-34-28-20-22-35-27-15-5-2-12-24(27)28)11-23-38-32-19-9-8-18-31(32)37-33-25-13-3-6-16-29(25)36-30-17-7-4-14-26(30)33;;/h2-9,12-20,22H,1,10-11,21,23H2,(H,34,35)(H,36,37);2*1H. The minimum absolute atomic E-state index is 0. The van der Waals surface area contributed by atoms with Gasteiger partial charge in [0, 0.05) is 34.6 Å². The van der Waals surface area contributed by atoms with E-state index in [0.717, 1.165) is 81.3 Å². The van der Waals surface area contributed by atoms with Gasteiger partial charge in [-0.1, -0.05) is 66.7 Å². The van der Waals surface area contributed by atoms with Gasteiger partial charge in [-0.3, -0.25) is 4.98 Å². The van der Waals surface area contributed by atoms with Gasteiger partial charge in [0.25, 0.3) is 0 Å². The predicted octanol–water partition coefficient (Wildman–Crippen LogP) is 9.18. The first-order chi connectivity index (χ1) is 18.9. The SMILES string of the molecule is Cl.Cl.c1ccc(OCCCCCNc2ccnc3ccccc23)c(Nc2c3ccccc3nc3ccccc23)c1. The largest absolute Gasteiger partial charge is 0.491 e. The Balaban J connectivity index is 0.00000185. The summed E-state index contributed by atoms with van der Waals surface area (Å²) in [6, 6.07) is 34.9. The number of rotatable bonds is 10. The summed E-state index contributed by atoms with van der Waals surface area (Å²) in [6.45, 7) is 1.60. The maximum atomic E-state index is 6.25. The van der Waals surface area contributed by atoms with Gasteiger partial charge in [0.05, 0.1) is 34.5 Å². The van der Waals surface area contributed by atoms with Crippen molar-refractivity contribution in [3.63, 3.8) is 0 Å². The molecule has 0 saturated carbocycles. The van der Waals surface area contributed by atoms with Crippen molar-refractivity contribution in [3.05, 3.63) is 109 Å². The number of ether oxygens (including phenoxy) is 1. The fraction of sp³-hybridized carbons (Fsp3) is 0.152. The molecule has 0 unspecified atom stereocenters. The second-order valence-electron chi connectivity index (χ2n) is 9.35. The number of nitrogens with one attached hydrogen (secondary N) is 2. The van der Waals surface area contributed by atoms with Crippen LogP contribution in [0.4, 0.5) is 17.1 Å². The van der Waals surface area contributed by atoms with E-state index >= 15 is 0 Å². The molecule has 0 radical (unpaired) electrons. The van der Waals surface area contributed by atoms with Gasteiger partial charge in [-0.05, 0) is 55.7 Å². The number of hydrogen-bond donors (Lipinski definition) is 2. The summed E-state index contributed by atoms with van der Waals surface area (Å²) in [4.78, 5) is 9.28. The molecule has 40 heavy (non-hydrogen) atoms. The number of unbranched alkanes of at least 4 members (excludes halogenated alkanes) is 2. The lowest BCUT2D eigenvalue weighted by Gasteiger charge is -2.16. The third-order valence-corrected chi connectivity index (χ3v) is 6.78. The summed E-state index contributed by atoms with van der Waals surface area (Å²) in [5.41, 5.74) is 6.12. The molecule has 204 valence electrons. The van der Waals surface area contributed by atoms with E-state index in [0.29, 0.717) is 6.61 Å². The van der Waals surface area contributed by atoms with Crippen LogP contribution >= 0.6 is 24.8 Å². The van der Waals surface area contributed by atoms with Crippen LogP contribution in [-0.4, -0.2) is 23.1 Å². The van der Waals surface area contributed by atoms with E-state index in [1.165, 1.54) is 0 Å². The summed E-state index contributed by atoms with van der Waals surface area (Å²) in [6.07, 6.45) is 5.02. The molecule has 5 nitrogen and oxygen atoms in total. The van der Waals surface area contributed by atoms with Gasteiger partial charge >= 0.3 is 0 Å². The molecule has 0 bridgehead atoms. The number of nitrogens with zero attached hydrogens (tertiary/aromatic N) is 2. The fourth-order valence-corrected chi connectivity index (χ4v) is 4.86. The monoisotopic (exact) mass is 570 g/mol. The van der Waals surface area contributed by atoms with Crippen LogP contribution in [0, 0.1) is 0 Å². The molecule has 7 heteroatoms. The van der Waals surface area contributed by atoms with Crippen molar-refractivity contribution in [3.8, 4) is 5.75 Å². The lowest BCUT2D eigenvalue weighted by atomic mass is 10.1. The van der Waals surface area contributed by atoms with Gasteiger partial charge in [-0.2, -0.15) is 0 Å². The van der Waals surface area contributed by atoms with Crippen LogP contribution in [-0.2, 0) is 0 Å². The van der Waals surface area contributed by atoms with Crippen molar-refractivity contribution >= 4 is 74.6 Å². The summed E-state index contributed by atoms with van der Waals surface area (Å²) in [5, 5.41) is 10.6. The zero-order chi connectivity index (χ0) is 25.6. The third-order valence-electron chi connectivity index (χ3n) is 6.78. The summed E-state index contributed by atoms with van der Waals surface area (Å²) >= 11 is 0. The Kier molecular flexibility index (Phi) is 10.0. The zero-order valence-electron chi connectivity index (χ0n) is 22.0. The molecule has 0 amide bonds. The van der Waals surface area contributed by atoms with Gasteiger partial charge in [-0.25, -0.2) is 4.98 Å². The Morgan fingerprint density at radius 3 is 1.95 bits per heavy atom. The minimum Gasteiger partial charge on any atom is -0.491 e. The minimum atomic E-state index is 0. The summed E-state index contributed by atoms with van der Waals surface area (Å²) in [7, 11) is 0. The maximum absolute atomic E-state index is 6.25. The second-order valence-corrected chi connectivity index (χ2v) is 9.35. The van der Waals surface area contributed by atoms with E-state index in [-0.39, 0.29) is 24.8 Å². The van der Waals surface area contributed by atoms with Crippen molar-refractivity contribution in [2.45, 2.75) is 19.3 Å². The van der Waals surface area contributed by atoms with Crippen molar-refractivity contribution in [1.82, 2.24) is 9.97 Å². The van der Waals surface area contributed by atoms with Crippen LogP contribution in [0.5, 0.6) is 5.75 Å². The van der Waals surface area contributed by atoms with E-state index in [1.54, 1.807) is 0 Å². The quantitative estimate of drug-likeness (QED) is 0.127. The molecule has 0 atom stereocenters. The highest BCUT2D eigenvalue weighted by atomic mass is 35.5. The Bertz CT molecular complexity index is 1650. The topological polar surface area (TPSA) is 59.1 Å². The zero-order valence-corrected chi connectivity index (χ0v) is 23.7. The highest BCUT2D eigenvalue weighted by molar-refractivity contribution is 6.08. The molecule has 0 saturated heterocycles. The molecule has 0 aliphatic rings. The fourth-order valence-electron chi connectivity index (χ4n) is 4.86. The lowest BCUT2D eigenvalue weighted by molar-refractivity contribution is 0.307. The van der Waals surface area contributed by atoms with Gasteiger partial charge in [0.1, 0.15) is 5.75 Å². The van der Waals surface area contributed by atoms with Crippen molar-refractivity contribution in [2.75, 3.05) is 23.8 Å². The van der Waals surface area contributed by atoms with Gasteiger partial charge in [0.15, 0.2) is 0 Å². The van der Waals surface area contributed by atoms with Crippen molar-refractivity contribution in [2.24, 2.45) is 0 Å². The molecule has 2 N–H and O–H groups in total. The van der Waals surface area contributed by atoms with Crippen LogP contribution in [0.2, 0.25) is 0 Å². The first kappa shape index (κ1) is 28.9. The Morgan fingerprint density at radius 2 is 1.20 bits per heavy atom. The maximum Gasteiger partial charge on any atom is 0.142 e. The van der Waals surface area contributed by atoms with E-state index in [1.807, 2.05) is 54.7 Å². The Hall–Kier alpha value is -4.06. The second kappa shape index (κ2) is 13.8. The average Bonchev–Trinajstić information content (AvgIpc) is 2.97. The van der Waals surface area contributed by atoms with Crippen LogP contribution < -0.4 is 15.4 Å². The number of benzene rings is 4. The number of anilines is 3. The molecular formula is C33H32Cl2N4O. The van der Waals surface area contributed by atoms with E-state index in [4.69, 9.17) is 9.72 Å². The molecule has 4 aromatic carbocycles.